The van der Waals surface area contributed by atoms with Gasteiger partial charge in [-0.1, -0.05) is 12.8 Å². The van der Waals surface area contributed by atoms with Crippen LogP contribution in [0.25, 0.3) is 10.1 Å². The lowest BCUT2D eigenvalue weighted by molar-refractivity contribution is 0.0273. The largest absolute Gasteiger partial charge is 0.458 e. The Kier molecular flexibility index (Phi) is 3.92. The van der Waals surface area contributed by atoms with Crippen LogP contribution in [0.5, 0.6) is 0 Å². The van der Waals surface area contributed by atoms with E-state index in [0.717, 1.165) is 28.6 Å². The molecule has 2 aromatic rings. The Hall–Kier alpha value is -1.55. The fourth-order valence-electron chi connectivity index (χ4n) is 2.73. The lowest BCUT2D eigenvalue weighted by Gasteiger charge is -2.14. The van der Waals surface area contributed by atoms with E-state index in [-0.39, 0.29) is 12.1 Å². The lowest BCUT2D eigenvalue weighted by Crippen LogP contribution is -2.16. The number of benzene rings is 1. The van der Waals surface area contributed by atoms with Crippen LogP contribution in [0.4, 0.5) is 5.69 Å². The molecule has 106 valence electrons. The first-order valence-electron chi connectivity index (χ1n) is 7.22. The highest BCUT2D eigenvalue weighted by Gasteiger charge is 2.19. The highest BCUT2D eigenvalue weighted by Crippen LogP contribution is 2.29. The third-order valence-corrected chi connectivity index (χ3v) is 4.91. The number of fused-ring (bicyclic) bond motifs is 1. The number of carbonyl (C=O) groups excluding carboxylic acids is 1. The first kappa shape index (κ1) is 13.4. The van der Waals surface area contributed by atoms with Gasteiger partial charge in [0.1, 0.15) is 11.0 Å². The third kappa shape index (κ3) is 2.96. The van der Waals surface area contributed by atoms with E-state index in [4.69, 9.17) is 10.5 Å². The van der Waals surface area contributed by atoms with Gasteiger partial charge in [0.2, 0.25) is 0 Å². The van der Waals surface area contributed by atoms with Crippen molar-refractivity contribution in [2.45, 2.75) is 44.6 Å². The van der Waals surface area contributed by atoms with Crippen molar-refractivity contribution in [3.05, 3.63) is 29.1 Å². The molecule has 1 aromatic carbocycles. The number of ether oxygens (including phenoxy) is 1. The molecule has 0 amide bonds. The normalized spacial score (nSPS) is 17.0. The maximum atomic E-state index is 12.2. The zero-order valence-electron chi connectivity index (χ0n) is 11.4. The van der Waals surface area contributed by atoms with Crippen molar-refractivity contribution >= 4 is 33.1 Å². The summed E-state index contributed by atoms with van der Waals surface area (Å²) in [6, 6.07) is 7.60. The monoisotopic (exact) mass is 289 g/mol. The molecular weight excluding hydrogens is 270 g/mol. The number of rotatable bonds is 2. The van der Waals surface area contributed by atoms with Gasteiger partial charge in [0.15, 0.2) is 0 Å². The molecule has 1 aliphatic rings. The minimum absolute atomic E-state index is 0.0975. The van der Waals surface area contributed by atoms with Crippen LogP contribution in [0, 0.1) is 0 Å². The third-order valence-electron chi connectivity index (χ3n) is 3.82. The van der Waals surface area contributed by atoms with E-state index in [1.165, 1.54) is 37.0 Å². The Labute approximate surface area is 122 Å². The number of hydrogen-bond acceptors (Lipinski definition) is 4. The highest BCUT2D eigenvalue weighted by atomic mass is 32.1. The molecule has 0 atom stereocenters. The molecule has 0 radical (unpaired) electrons. The van der Waals surface area contributed by atoms with Gasteiger partial charge in [-0.05, 0) is 55.3 Å². The number of nitrogen functional groups attached to an aromatic ring is 1. The van der Waals surface area contributed by atoms with Crippen molar-refractivity contribution in [3.63, 3.8) is 0 Å². The second-order valence-corrected chi connectivity index (χ2v) is 6.51. The van der Waals surface area contributed by atoms with Gasteiger partial charge in [0, 0.05) is 10.4 Å². The summed E-state index contributed by atoms with van der Waals surface area (Å²) < 4.78 is 6.73. The topological polar surface area (TPSA) is 52.3 Å². The van der Waals surface area contributed by atoms with E-state index in [2.05, 4.69) is 0 Å². The van der Waals surface area contributed by atoms with E-state index in [0.29, 0.717) is 4.88 Å². The Morgan fingerprint density at radius 2 is 1.90 bits per heavy atom. The number of thiophene rings is 1. The minimum atomic E-state index is -0.184. The molecule has 0 spiro atoms. The molecule has 3 nitrogen and oxygen atoms in total. The summed E-state index contributed by atoms with van der Waals surface area (Å²) in [6.45, 7) is 0. The van der Waals surface area contributed by atoms with E-state index in [1.54, 1.807) is 0 Å². The van der Waals surface area contributed by atoms with Gasteiger partial charge in [0.25, 0.3) is 0 Å². The predicted octanol–water partition coefficient (Wildman–Crippen LogP) is 4.36. The fourth-order valence-corrected chi connectivity index (χ4v) is 3.66. The summed E-state index contributed by atoms with van der Waals surface area (Å²) in [6.07, 6.45) is 6.96. The summed E-state index contributed by atoms with van der Waals surface area (Å²) >= 11 is 1.48. The smallest absolute Gasteiger partial charge is 0.348 e. The second-order valence-electron chi connectivity index (χ2n) is 5.43. The maximum Gasteiger partial charge on any atom is 0.348 e. The van der Waals surface area contributed by atoms with Crippen LogP contribution in [0.15, 0.2) is 24.3 Å². The van der Waals surface area contributed by atoms with Gasteiger partial charge in [-0.15, -0.1) is 11.3 Å². The van der Waals surface area contributed by atoms with Gasteiger partial charge < -0.3 is 10.5 Å². The number of carbonyl (C=O) groups is 1. The molecular formula is C16H19NO2S. The van der Waals surface area contributed by atoms with Crippen molar-refractivity contribution < 1.29 is 9.53 Å². The molecule has 0 aliphatic heterocycles. The average molecular weight is 289 g/mol. The number of nitrogens with two attached hydrogens (primary N) is 1. The van der Waals surface area contributed by atoms with Crippen molar-refractivity contribution in [2.24, 2.45) is 0 Å². The summed E-state index contributed by atoms with van der Waals surface area (Å²) in [5, 5.41) is 1.02. The van der Waals surface area contributed by atoms with Crippen LogP contribution in [-0.2, 0) is 4.74 Å². The Morgan fingerprint density at radius 3 is 2.65 bits per heavy atom. The standard InChI is InChI=1S/C16H19NO2S/c17-12-7-8-14-11(9-12)10-15(20-14)16(18)19-13-5-3-1-2-4-6-13/h7-10,13H,1-6,17H2. The first-order valence-corrected chi connectivity index (χ1v) is 8.04. The average Bonchev–Trinajstić information content (AvgIpc) is 2.68. The zero-order chi connectivity index (χ0) is 13.9. The summed E-state index contributed by atoms with van der Waals surface area (Å²) in [5.41, 5.74) is 6.49. The summed E-state index contributed by atoms with van der Waals surface area (Å²) in [4.78, 5) is 12.9. The van der Waals surface area contributed by atoms with Crippen LogP contribution in [-0.4, -0.2) is 12.1 Å². The molecule has 4 heteroatoms. The molecule has 0 unspecified atom stereocenters. The Bertz CT molecular complexity index is 612. The molecule has 20 heavy (non-hydrogen) atoms. The molecule has 1 heterocycles. The Morgan fingerprint density at radius 1 is 1.15 bits per heavy atom. The molecule has 1 saturated carbocycles. The SMILES string of the molecule is Nc1ccc2sc(C(=O)OC3CCCCCC3)cc2c1. The van der Waals surface area contributed by atoms with Gasteiger partial charge in [-0.2, -0.15) is 0 Å². The van der Waals surface area contributed by atoms with E-state index in [9.17, 15) is 4.79 Å². The minimum Gasteiger partial charge on any atom is -0.458 e. The highest BCUT2D eigenvalue weighted by molar-refractivity contribution is 7.20. The lowest BCUT2D eigenvalue weighted by atomic mass is 10.1. The molecule has 1 aliphatic carbocycles. The van der Waals surface area contributed by atoms with E-state index < -0.39 is 0 Å². The molecule has 2 N–H and O–H groups in total. The predicted molar refractivity (Wildman–Crippen MR) is 83.1 cm³/mol. The molecule has 0 saturated heterocycles. The number of anilines is 1. The quantitative estimate of drug-likeness (QED) is 0.507. The van der Waals surface area contributed by atoms with Gasteiger partial charge in [0.05, 0.1) is 0 Å². The van der Waals surface area contributed by atoms with Crippen LogP contribution < -0.4 is 5.73 Å². The zero-order valence-corrected chi connectivity index (χ0v) is 12.2. The van der Waals surface area contributed by atoms with Gasteiger partial charge in [-0.3, -0.25) is 0 Å². The van der Waals surface area contributed by atoms with Crippen molar-refractivity contribution in [3.8, 4) is 0 Å². The van der Waals surface area contributed by atoms with Crippen molar-refractivity contribution in [1.29, 1.82) is 0 Å². The van der Waals surface area contributed by atoms with Crippen LogP contribution in [0.3, 0.4) is 0 Å². The van der Waals surface area contributed by atoms with Crippen LogP contribution in [0.1, 0.15) is 48.2 Å². The molecule has 1 fully saturated rings. The summed E-state index contributed by atoms with van der Waals surface area (Å²) in [5.74, 6) is -0.184. The maximum absolute atomic E-state index is 12.2. The van der Waals surface area contributed by atoms with Crippen molar-refractivity contribution in [1.82, 2.24) is 0 Å². The van der Waals surface area contributed by atoms with Crippen LogP contribution in [0.2, 0.25) is 0 Å². The summed E-state index contributed by atoms with van der Waals surface area (Å²) in [7, 11) is 0. The van der Waals surface area contributed by atoms with E-state index >= 15 is 0 Å². The van der Waals surface area contributed by atoms with Gasteiger partial charge >= 0.3 is 5.97 Å². The number of esters is 1. The van der Waals surface area contributed by atoms with Gasteiger partial charge in [-0.25, -0.2) is 4.79 Å². The van der Waals surface area contributed by atoms with E-state index in [1.807, 2.05) is 24.3 Å². The van der Waals surface area contributed by atoms with Crippen LogP contribution >= 0.6 is 11.3 Å². The Balaban J connectivity index is 1.74. The molecule has 3 rings (SSSR count). The fraction of sp³-hybridized carbons (Fsp3) is 0.438. The molecule has 0 bridgehead atoms. The second kappa shape index (κ2) is 5.83. The van der Waals surface area contributed by atoms with Crippen molar-refractivity contribution in [2.75, 3.05) is 5.73 Å². The first-order chi connectivity index (χ1) is 9.72. The number of hydrogen-bond donors (Lipinski definition) is 1. The molecule has 1 aromatic heterocycles.